The van der Waals surface area contributed by atoms with Crippen LogP contribution >= 0.6 is 0 Å². The Morgan fingerprint density at radius 3 is 2.87 bits per heavy atom. The fourth-order valence-corrected chi connectivity index (χ4v) is 1.81. The molecule has 0 radical (unpaired) electrons. The lowest BCUT2D eigenvalue weighted by molar-refractivity contribution is 0.0781. The molecule has 1 aromatic heterocycles. The van der Waals surface area contributed by atoms with Gasteiger partial charge in [0.25, 0.3) is 5.91 Å². The fraction of sp³-hybridized carbons (Fsp3) is 0.455. The molecule has 80 valence electrons. The number of hydrogen-bond acceptors (Lipinski definition) is 3. The minimum absolute atomic E-state index is 0.0181. The zero-order valence-corrected chi connectivity index (χ0v) is 8.76. The summed E-state index contributed by atoms with van der Waals surface area (Å²) in [5.41, 5.74) is 6.37. The summed E-state index contributed by atoms with van der Waals surface area (Å²) in [6.07, 6.45) is 1.63. The highest BCUT2D eigenvalue weighted by molar-refractivity contribution is 5.92. The molecule has 2 unspecified atom stereocenters. The molecule has 1 aliphatic rings. The molecule has 1 fully saturated rings. The Labute approximate surface area is 89.1 Å². The number of carbonyl (C=O) groups is 1. The van der Waals surface area contributed by atoms with Gasteiger partial charge in [-0.3, -0.25) is 9.78 Å². The van der Waals surface area contributed by atoms with Crippen molar-refractivity contribution in [1.82, 2.24) is 9.88 Å². The molecule has 2 heterocycles. The minimum Gasteiger partial charge on any atom is -0.335 e. The van der Waals surface area contributed by atoms with Gasteiger partial charge in [0.05, 0.1) is 0 Å². The summed E-state index contributed by atoms with van der Waals surface area (Å²) >= 11 is 0. The molecule has 2 atom stereocenters. The van der Waals surface area contributed by atoms with E-state index in [0.29, 0.717) is 18.2 Å². The van der Waals surface area contributed by atoms with E-state index in [1.54, 1.807) is 23.2 Å². The zero-order chi connectivity index (χ0) is 10.8. The minimum atomic E-state index is -0.0181. The summed E-state index contributed by atoms with van der Waals surface area (Å²) in [6, 6.07) is 5.45. The number of nitrogens with two attached hydrogens (primary N) is 1. The number of likely N-dealkylation sites (tertiary alicyclic amines) is 1. The maximum absolute atomic E-state index is 11.9. The molecule has 0 saturated carbocycles. The van der Waals surface area contributed by atoms with E-state index >= 15 is 0 Å². The number of amides is 1. The van der Waals surface area contributed by atoms with E-state index in [0.717, 1.165) is 6.54 Å². The lowest BCUT2D eigenvalue weighted by atomic mass is 10.1. The summed E-state index contributed by atoms with van der Waals surface area (Å²) in [4.78, 5) is 17.8. The van der Waals surface area contributed by atoms with Crippen LogP contribution in [0.2, 0.25) is 0 Å². The van der Waals surface area contributed by atoms with Gasteiger partial charge in [-0.25, -0.2) is 0 Å². The van der Waals surface area contributed by atoms with Crippen LogP contribution in [0.1, 0.15) is 17.4 Å². The van der Waals surface area contributed by atoms with Crippen molar-refractivity contribution >= 4 is 5.91 Å². The third kappa shape index (κ3) is 1.99. The molecule has 4 nitrogen and oxygen atoms in total. The summed E-state index contributed by atoms with van der Waals surface area (Å²) < 4.78 is 0. The molecule has 2 rings (SSSR count). The van der Waals surface area contributed by atoms with Crippen molar-refractivity contribution in [2.45, 2.75) is 13.0 Å². The van der Waals surface area contributed by atoms with Gasteiger partial charge in [0.15, 0.2) is 0 Å². The van der Waals surface area contributed by atoms with E-state index in [4.69, 9.17) is 5.73 Å². The van der Waals surface area contributed by atoms with Crippen LogP contribution < -0.4 is 5.73 Å². The average Bonchev–Trinajstić information content (AvgIpc) is 2.59. The maximum atomic E-state index is 11.9. The van der Waals surface area contributed by atoms with Gasteiger partial charge < -0.3 is 10.6 Å². The first-order chi connectivity index (χ1) is 7.18. The highest BCUT2D eigenvalue weighted by Gasteiger charge is 2.30. The van der Waals surface area contributed by atoms with Crippen molar-refractivity contribution in [2.75, 3.05) is 13.1 Å². The lowest BCUT2D eigenvalue weighted by Crippen LogP contribution is -2.32. The molecular formula is C11H15N3O. The Morgan fingerprint density at radius 2 is 2.33 bits per heavy atom. The molecule has 15 heavy (non-hydrogen) atoms. The van der Waals surface area contributed by atoms with Gasteiger partial charge in [0, 0.05) is 25.3 Å². The second kappa shape index (κ2) is 3.98. The SMILES string of the molecule is CC1CN(C(=O)c2ccccn2)CC1N. The monoisotopic (exact) mass is 205 g/mol. The van der Waals surface area contributed by atoms with Crippen LogP contribution in [0.4, 0.5) is 0 Å². The average molecular weight is 205 g/mol. The predicted molar refractivity (Wildman–Crippen MR) is 57.3 cm³/mol. The van der Waals surface area contributed by atoms with Gasteiger partial charge >= 0.3 is 0 Å². The molecule has 1 saturated heterocycles. The number of nitrogens with zero attached hydrogens (tertiary/aromatic N) is 2. The first-order valence-corrected chi connectivity index (χ1v) is 5.14. The Hall–Kier alpha value is -1.42. The van der Waals surface area contributed by atoms with Gasteiger partial charge in [-0.05, 0) is 18.1 Å². The van der Waals surface area contributed by atoms with Crippen LogP contribution in [-0.2, 0) is 0 Å². The summed E-state index contributed by atoms with van der Waals surface area (Å²) in [5.74, 6) is 0.355. The van der Waals surface area contributed by atoms with Gasteiger partial charge in [-0.15, -0.1) is 0 Å². The van der Waals surface area contributed by atoms with Crippen LogP contribution in [0, 0.1) is 5.92 Å². The summed E-state index contributed by atoms with van der Waals surface area (Å²) in [6.45, 7) is 3.43. The molecule has 2 N–H and O–H groups in total. The summed E-state index contributed by atoms with van der Waals surface area (Å²) in [5, 5.41) is 0. The van der Waals surface area contributed by atoms with Crippen molar-refractivity contribution in [3.8, 4) is 0 Å². The van der Waals surface area contributed by atoms with Crippen LogP contribution in [0.25, 0.3) is 0 Å². The second-order valence-electron chi connectivity index (χ2n) is 4.07. The van der Waals surface area contributed by atoms with Gasteiger partial charge in [-0.1, -0.05) is 13.0 Å². The lowest BCUT2D eigenvalue weighted by Gasteiger charge is -2.14. The highest BCUT2D eigenvalue weighted by atomic mass is 16.2. The number of hydrogen-bond donors (Lipinski definition) is 1. The Kier molecular flexibility index (Phi) is 2.68. The largest absolute Gasteiger partial charge is 0.335 e. The molecular weight excluding hydrogens is 190 g/mol. The topological polar surface area (TPSA) is 59.2 Å². The third-order valence-electron chi connectivity index (χ3n) is 2.84. The first-order valence-electron chi connectivity index (χ1n) is 5.14. The van der Waals surface area contributed by atoms with E-state index in [1.807, 2.05) is 6.07 Å². The smallest absolute Gasteiger partial charge is 0.272 e. The predicted octanol–water partition coefficient (Wildman–Crippen LogP) is 0.501. The molecule has 1 aliphatic heterocycles. The maximum Gasteiger partial charge on any atom is 0.272 e. The van der Waals surface area contributed by atoms with Crippen LogP contribution in [0.3, 0.4) is 0 Å². The van der Waals surface area contributed by atoms with E-state index in [9.17, 15) is 4.79 Å². The van der Waals surface area contributed by atoms with Crippen molar-refractivity contribution in [1.29, 1.82) is 0 Å². The Morgan fingerprint density at radius 1 is 1.53 bits per heavy atom. The van der Waals surface area contributed by atoms with Crippen LogP contribution in [0.5, 0.6) is 0 Å². The van der Waals surface area contributed by atoms with E-state index in [1.165, 1.54) is 0 Å². The van der Waals surface area contributed by atoms with Crippen molar-refractivity contribution in [3.63, 3.8) is 0 Å². The Balaban J connectivity index is 2.10. The standard InChI is InChI=1S/C11H15N3O/c1-8-6-14(7-9(8)12)11(15)10-4-2-3-5-13-10/h2-5,8-9H,6-7,12H2,1H3. The third-order valence-corrected chi connectivity index (χ3v) is 2.84. The van der Waals surface area contributed by atoms with E-state index < -0.39 is 0 Å². The van der Waals surface area contributed by atoms with Crippen LogP contribution in [0.15, 0.2) is 24.4 Å². The zero-order valence-electron chi connectivity index (χ0n) is 8.76. The molecule has 0 bridgehead atoms. The number of rotatable bonds is 1. The van der Waals surface area contributed by atoms with Crippen molar-refractivity contribution < 1.29 is 4.79 Å². The fourth-order valence-electron chi connectivity index (χ4n) is 1.81. The van der Waals surface area contributed by atoms with Crippen LogP contribution in [-0.4, -0.2) is 34.9 Å². The normalized spacial score (nSPS) is 25.6. The van der Waals surface area contributed by atoms with Gasteiger partial charge in [0.2, 0.25) is 0 Å². The molecule has 0 aromatic carbocycles. The van der Waals surface area contributed by atoms with E-state index in [2.05, 4.69) is 11.9 Å². The number of carbonyl (C=O) groups excluding carboxylic acids is 1. The Bertz CT molecular complexity index is 342. The molecule has 1 aromatic rings. The molecule has 1 amide bonds. The van der Waals surface area contributed by atoms with Crippen molar-refractivity contribution in [2.24, 2.45) is 11.7 Å². The quantitative estimate of drug-likeness (QED) is 0.726. The van der Waals surface area contributed by atoms with Crippen molar-refractivity contribution in [3.05, 3.63) is 30.1 Å². The second-order valence-corrected chi connectivity index (χ2v) is 4.07. The first kappa shape index (κ1) is 10.1. The van der Waals surface area contributed by atoms with Gasteiger partial charge in [0.1, 0.15) is 5.69 Å². The molecule has 4 heteroatoms. The van der Waals surface area contributed by atoms with Gasteiger partial charge in [-0.2, -0.15) is 0 Å². The number of pyridine rings is 1. The molecule has 0 spiro atoms. The van der Waals surface area contributed by atoms with E-state index in [-0.39, 0.29) is 11.9 Å². The number of aromatic nitrogens is 1. The summed E-state index contributed by atoms with van der Waals surface area (Å²) in [7, 11) is 0. The highest BCUT2D eigenvalue weighted by Crippen LogP contribution is 2.16. The molecule has 0 aliphatic carbocycles.